The lowest BCUT2D eigenvalue weighted by Crippen LogP contribution is -2.51. The number of nitrogens with zero attached hydrogens (tertiary/aromatic N) is 2. The van der Waals surface area contributed by atoms with E-state index < -0.39 is 16.7 Å². The van der Waals surface area contributed by atoms with E-state index >= 15 is 0 Å². The molecule has 2 aliphatic heterocycles. The van der Waals surface area contributed by atoms with Crippen LogP contribution in [0.15, 0.2) is 72.8 Å². The van der Waals surface area contributed by atoms with Gasteiger partial charge in [0, 0.05) is 23.5 Å². The summed E-state index contributed by atoms with van der Waals surface area (Å²) in [6.45, 7) is 2.88. The summed E-state index contributed by atoms with van der Waals surface area (Å²) >= 11 is 1.47. The summed E-state index contributed by atoms with van der Waals surface area (Å²) in [5, 5.41) is 2.76. The zero-order chi connectivity index (χ0) is 22.3. The lowest BCUT2D eigenvalue weighted by molar-refractivity contribution is -0.123. The van der Waals surface area contributed by atoms with Crippen molar-refractivity contribution in [3.63, 3.8) is 0 Å². The Bertz CT molecular complexity index is 1220. The maximum atomic E-state index is 13.9. The average molecular weight is 448 g/mol. The number of thioether (sulfide) groups is 1. The SMILES string of the molecule is Cc1ccccc1CN1C(=O)[C@]2(SCCN2C(=O)Nc2cccc(F)c2)c2ccccc21. The van der Waals surface area contributed by atoms with Crippen molar-refractivity contribution in [2.45, 2.75) is 18.3 Å². The quantitative estimate of drug-likeness (QED) is 0.607. The minimum absolute atomic E-state index is 0.126. The number of anilines is 2. The molecule has 1 N–H and O–H groups in total. The summed E-state index contributed by atoms with van der Waals surface area (Å²) < 4.78 is 13.6. The molecule has 1 saturated heterocycles. The van der Waals surface area contributed by atoms with E-state index in [1.165, 1.54) is 23.9 Å². The number of carbonyl (C=O) groups excluding carboxylic acids is 2. The van der Waals surface area contributed by atoms with Crippen molar-refractivity contribution in [3.05, 3.63) is 95.3 Å². The molecule has 5 rings (SSSR count). The van der Waals surface area contributed by atoms with E-state index in [1.807, 2.05) is 55.5 Å². The number of rotatable bonds is 3. The number of carbonyl (C=O) groups is 2. The normalized spacial score (nSPS) is 19.5. The Hall–Kier alpha value is -3.32. The molecule has 5 nitrogen and oxygen atoms in total. The third kappa shape index (κ3) is 3.24. The first-order chi connectivity index (χ1) is 15.5. The van der Waals surface area contributed by atoms with Crippen molar-refractivity contribution in [2.24, 2.45) is 0 Å². The number of halogens is 1. The lowest BCUT2D eigenvalue weighted by Gasteiger charge is -2.33. The number of nitrogens with one attached hydrogen (secondary N) is 1. The Balaban J connectivity index is 1.52. The van der Waals surface area contributed by atoms with Crippen LogP contribution >= 0.6 is 11.8 Å². The Labute approximate surface area is 190 Å². The van der Waals surface area contributed by atoms with Crippen LogP contribution in [0.25, 0.3) is 0 Å². The number of para-hydroxylation sites is 1. The molecule has 162 valence electrons. The third-order valence-electron chi connectivity index (χ3n) is 6.01. The molecule has 2 aliphatic rings. The predicted octanol–water partition coefficient (Wildman–Crippen LogP) is 5.11. The molecule has 0 radical (unpaired) electrons. The molecule has 3 aromatic carbocycles. The van der Waals surface area contributed by atoms with Crippen LogP contribution in [0, 0.1) is 12.7 Å². The summed E-state index contributed by atoms with van der Waals surface area (Å²) in [4.78, 5) is 29.4. The highest BCUT2D eigenvalue weighted by molar-refractivity contribution is 8.01. The number of hydrogen-bond donors (Lipinski definition) is 1. The Morgan fingerprint density at radius 3 is 2.69 bits per heavy atom. The first-order valence-electron chi connectivity index (χ1n) is 10.4. The van der Waals surface area contributed by atoms with Gasteiger partial charge in [-0.15, -0.1) is 11.8 Å². The second-order valence-electron chi connectivity index (χ2n) is 7.92. The van der Waals surface area contributed by atoms with Crippen molar-refractivity contribution >= 4 is 35.1 Å². The molecule has 0 bridgehead atoms. The molecule has 0 unspecified atom stereocenters. The van der Waals surface area contributed by atoms with Gasteiger partial charge in [0.25, 0.3) is 5.91 Å². The highest BCUT2D eigenvalue weighted by Gasteiger charge is 2.59. The fraction of sp³-hybridized carbons (Fsp3) is 0.200. The fourth-order valence-electron chi connectivity index (χ4n) is 4.44. The topological polar surface area (TPSA) is 52.7 Å². The van der Waals surface area contributed by atoms with Crippen molar-refractivity contribution < 1.29 is 14.0 Å². The van der Waals surface area contributed by atoms with E-state index in [4.69, 9.17) is 0 Å². The van der Waals surface area contributed by atoms with Crippen molar-refractivity contribution in [1.82, 2.24) is 4.90 Å². The molecular formula is C25H22FN3O2S. The zero-order valence-corrected chi connectivity index (χ0v) is 18.4. The van der Waals surface area contributed by atoms with Crippen molar-refractivity contribution in [1.29, 1.82) is 0 Å². The van der Waals surface area contributed by atoms with E-state index in [0.29, 0.717) is 24.5 Å². The van der Waals surface area contributed by atoms with Gasteiger partial charge in [0.15, 0.2) is 4.87 Å². The van der Waals surface area contributed by atoms with Gasteiger partial charge in [-0.1, -0.05) is 48.5 Å². The molecule has 1 fully saturated rings. The molecule has 2 heterocycles. The van der Waals surface area contributed by atoms with Gasteiger partial charge >= 0.3 is 6.03 Å². The van der Waals surface area contributed by atoms with Gasteiger partial charge < -0.3 is 10.2 Å². The molecule has 0 aliphatic carbocycles. The van der Waals surface area contributed by atoms with Crippen molar-refractivity contribution in [2.75, 3.05) is 22.5 Å². The number of aryl methyl sites for hydroxylation is 1. The number of fused-ring (bicyclic) bond motifs is 2. The van der Waals surface area contributed by atoms with Gasteiger partial charge in [0.2, 0.25) is 0 Å². The van der Waals surface area contributed by atoms with Crippen LogP contribution in [0.4, 0.5) is 20.6 Å². The summed E-state index contributed by atoms with van der Waals surface area (Å²) in [5.41, 5.74) is 4.16. The van der Waals surface area contributed by atoms with E-state index in [9.17, 15) is 14.0 Å². The molecule has 32 heavy (non-hydrogen) atoms. The second kappa shape index (κ2) is 7.98. The van der Waals surface area contributed by atoms with Crippen LogP contribution in [0.1, 0.15) is 16.7 Å². The highest BCUT2D eigenvalue weighted by atomic mass is 32.2. The number of amides is 3. The first kappa shape index (κ1) is 20.6. The number of benzene rings is 3. The highest BCUT2D eigenvalue weighted by Crippen LogP contribution is 2.54. The average Bonchev–Trinajstić information content (AvgIpc) is 3.33. The predicted molar refractivity (Wildman–Crippen MR) is 125 cm³/mol. The van der Waals surface area contributed by atoms with Gasteiger partial charge in [-0.05, 0) is 42.3 Å². The molecule has 3 amide bonds. The molecule has 0 saturated carbocycles. The fourth-order valence-corrected chi connectivity index (χ4v) is 5.90. The largest absolute Gasteiger partial charge is 0.323 e. The lowest BCUT2D eigenvalue weighted by atomic mass is 10.1. The summed E-state index contributed by atoms with van der Waals surface area (Å²) in [5.74, 6) is 0.0772. The Morgan fingerprint density at radius 2 is 1.88 bits per heavy atom. The van der Waals surface area contributed by atoms with E-state index in [-0.39, 0.29) is 5.91 Å². The Kier molecular flexibility index (Phi) is 5.13. The third-order valence-corrected chi connectivity index (χ3v) is 7.43. The Morgan fingerprint density at radius 1 is 1.09 bits per heavy atom. The molecule has 7 heteroatoms. The van der Waals surface area contributed by atoms with Crippen LogP contribution in [0.5, 0.6) is 0 Å². The van der Waals surface area contributed by atoms with Gasteiger partial charge in [-0.2, -0.15) is 0 Å². The minimum Gasteiger partial charge on any atom is -0.308 e. The van der Waals surface area contributed by atoms with Crippen LogP contribution in [-0.2, 0) is 16.2 Å². The maximum absolute atomic E-state index is 13.9. The monoisotopic (exact) mass is 447 g/mol. The first-order valence-corrected chi connectivity index (χ1v) is 11.4. The molecule has 1 spiro atoms. The molecule has 0 aromatic heterocycles. The summed E-state index contributed by atoms with van der Waals surface area (Å²) in [6.07, 6.45) is 0. The molecular weight excluding hydrogens is 425 g/mol. The van der Waals surface area contributed by atoms with Crippen LogP contribution in [-0.4, -0.2) is 29.1 Å². The van der Waals surface area contributed by atoms with Gasteiger partial charge in [-0.25, -0.2) is 9.18 Å². The standard InChI is InChI=1S/C25H22FN3O2S/c1-17-7-2-3-8-18(17)16-28-22-12-5-4-11-21(22)25(23(28)30)29(13-14-32-25)24(31)27-20-10-6-9-19(26)15-20/h2-12,15H,13-14,16H2,1H3,(H,27,31)/t25-/m1/s1. The van der Waals surface area contributed by atoms with Crippen LogP contribution in [0.2, 0.25) is 0 Å². The van der Waals surface area contributed by atoms with E-state index in [1.54, 1.807) is 21.9 Å². The minimum atomic E-state index is -1.13. The zero-order valence-electron chi connectivity index (χ0n) is 17.5. The number of hydrogen-bond acceptors (Lipinski definition) is 3. The van der Waals surface area contributed by atoms with E-state index in [0.717, 1.165) is 22.4 Å². The van der Waals surface area contributed by atoms with Crippen molar-refractivity contribution in [3.8, 4) is 0 Å². The number of urea groups is 1. The summed E-state index contributed by atoms with van der Waals surface area (Å²) in [6, 6.07) is 21.0. The molecule has 1 atom stereocenters. The van der Waals surface area contributed by atoms with Crippen LogP contribution < -0.4 is 10.2 Å². The maximum Gasteiger partial charge on any atom is 0.323 e. The van der Waals surface area contributed by atoms with E-state index in [2.05, 4.69) is 5.32 Å². The molecule has 3 aromatic rings. The van der Waals surface area contributed by atoms with Crippen LogP contribution in [0.3, 0.4) is 0 Å². The van der Waals surface area contributed by atoms with Gasteiger partial charge in [-0.3, -0.25) is 9.69 Å². The van der Waals surface area contributed by atoms with Gasteiger partial charge in [0.1, 0.15) is 5.82 Å². The smallest absolute Gasteiger partial charge is 0.308 e. The summed E-state index contributed by atoms with van der Waals surface area (Å²) in [7, 11) is 0. The van der Waals surface area contributed by atoms with Gasteiger partial charge in [0.05, 0.1) is 12.2 Å². The second-order valence-corrected chi connectivity index (χ2v) is 9.21.